The van der Waals surface area contributed by atoms with E-state index >= 15 is 0 Å². The fraction of sp³-hybridized carbons (Fsp3) is 0.250. The van der Waals surface area contributed by atoms with Gasteiger partial charge in [0.15, 0.2) is 0 Å². The first-order valence-electron chi connectivity index (χ1n) is 6.23. The fourth-order valence-electron chi connectivity index (χ4n) is 2.04. The minimum atomic E-state index is 0.821. The highest BCUT2D eigenvalue weighted by molar-refractivity contribution is 9.10. The molecule has 0 aromatic heterocycles. The quantitative estimate of drug-likeness (QED) is 0.712. The van der Waals surface area contributed by atoms with E-state index in [0.717, 1.165) is 16.7 Å². The van der Waals surface area contributed by atoms with Crippen molar-refractivity contribution in [2.45, 2.75) is 27.3 Å². The highest BCUT2D eigenvalue weighted by atomic mass is 79.9. The van der Waals surface area contributed by atoms with E-state index in [4.69, 9.17) is 0 Å². The SMILES string of the molecule is Cc1ccc(CNc2cc(C)c(Br)c(C)c2)c(Br)c1. The molecule has 0 fully saturated rings. The molecule has 100 valence electrons. The third-order valence-corrected chi connectivity index (χ3v) is 5.12. The maximum atomic E-state index is 3.61. The summed E-state index contributed by atoms with van der Waals surface area (Å²) in [5.41, 5.74) is 6.20. The van der Waals surface area contributed by atoms with Gasteiger partial charge in [-0.3, -0.25) is 0 Å². The molecule has 0 amide bonds. The zero-order chi connectivity index (χ0) is 14.0. The minimum Gasteiger partial charge on any atom is -0.381 e. The minimum absolute atomic E-state index is 0.821. The van der Waals surface area contributed by atoms with Gasteiger partial charge in [-0.25, -0.2) is 0 Å². The Morgan fingerprint density at radius 2 is 1.58 bits per heavy atom. The van der Waals surface area contributed by atoms with Crippen molar-refractivity contribution in [1.82, 2.24) is 0 Å². The van der Waals surface area contributed by atoms with Crippen molar-refractivity contribution in [3.63, 3.8) is 0 Å². The molecule has 0 aliphatic rings. The van der Waals surface area contributed by atoms with E-state index in [-0.39, 0.29) is 0 Å². The summed E-state index contributed by atoms with van der Waals surface area (Å²) >= 11 is 7.21. The lowest BCUT2D eigenvalue weighted by Crippen LogP contribution is -2.01. The van der Waals surface area contributed by atoms with Crippen LogP contribution in [-0.4, -0.2) is 0 Å². The smallest absolute Gasteiger partial charge is 0.0411 e. The Hall–Kier alpha value is -0.800. The first-order chi connectivity index (χ1) is 8.97. The lowest BCUT2D eigenvalue weighted by molar-refractivity contribution is 1.12. The van der Waals surface area contributed by atoms with Gasteiger partial charge in [0.05, 0.1) is 0 Å². The van der Waals surface area contributed by atoms with E-state index < -0.39 is 0 Å². The van der Waals surface area contributed by atoms with Gasteiger partial charge in [-0.1, -0.05) is 44.0 Å². The lowest BCUT2D eigenvalue weighted by atomic mass is 10.1. The molecule has 3 heteroatoms. The molecule has 0 radical (unpaired) electrons. The van der Waals surface area contributed by atoms with Gasteiger partial charge in [0.1, 0.15) is 0 Å². The molecule has 1 nitrogen and oxygen atoms in total. The van der Waals surface area contributed by atoms with Gasteiger partial charge in [-0.2, -0.15) is 0 Å². The van der Waals surface area contributed by atoms with Crippen molar-refractivity contribution in [1.29, 1.82) is 0 Å². The van der Waals surface area contributed by atoms with Crippen molar-refractivity contribution in [3.05, 3.63) is 61.5 Å². The highest BCUT2D eigenvalue weighted by Gasteiger charge is 2.04. The molecule has 2 aromatic carbocycles. The lowest BCUT2D eigenvalue weighted by Gasteiger charge is -2.12. The molecule has 0 unspecified atom stereocenters. The van der Waals surface area contributed by atoms with Crippen molar-refractivity contribution < 1.29 is 0 Å². The molecule has 0 aliphatic heterocycles. The first kappa shape index (κ1) is 14.6. The Bertz CT molecular complexity index is 583. The average Bonchev–Trinajstić information content (AvgIpc) is 2.34. The van der Waals surface area contributed by atoms with E-state index in [0.29, 0.717) is 0 Å². The van der Waals surface area contributed by atoms with Gasteiger partial charge in [0, 0.05) is 21.2 Å². The second-order valence-corrected chi connectivity index (χ2v) is 6.52. The molecule has 0 spiro atoms. The number of hydrogen-bond donors (Lipinski definition) is 1. The van der Waals surface area contributed by atoms with Gasteiger partial charge in [0.25, 0.3) is 0 Å². The van der Waals surface area contributed by atoms with Crippen LogP contribution in [-0.2, 0) is 6.54 Å². The van der Waals surface area contributed by atoms with Gasteiger partial charge in [-0.15, -0.1) is 0 Å². The van der Waals surface area contributed by atoms with Crippen LogP contribution >= 0.6 is 31.9 Å². The summed E-state index contributed by atoms with van der Waals surface area (Å²) in [5, 5.41) is 3.48. The largest absolute Gasteiger partial charge is 0.381 e. The van der Waals surface area contributed by atoms with Crippen LogP contribution in [0, 0.1) is 20.8 Å². The molecule has 0 aliphatic carbocycles. The molecule has 0 atom stereocenters. The molecule has 2 aromatic rings. The second-order valence-electron chi connectivity index (χ2n) is 4.87. The number of hydrogen-bond acceptors (Lipinski definition) is 1. The van der Waals surface area contributed by atoms with Crippen LogP contribution in [0.15, 0.2) is 39.3 Å². The average molecular weight is 383 g/mol. The van der Waals surface area contributed by atoms with E-state index in [2.05, 4.69) is 88.3 Å². The molecular weight excluding hydrogens is 366 g/mol. The third-order valence-electron chi connectivity index (χ3n) is 3.13. The predicted molar refractivity (Wildman–Crippen MR) is 89.8 cm³/mol. The molecule has 2 rings (SSSR count). The maximum absolute atomic E-state index is 3.61. The number of anilines is 1. The summed E-state index contributed by atoms with van der Waals surface area (Å²) in [7, 11) is 0. The predicted octanol–water partition coefficient (Wildman–Crippen LogP) is 5.75. The zero-order valence-electron chi connectivity index (χ0n) is 11.3. The Labute approximate surface area is 131 Å². The topological polar surface area (TPSA) is 12.0 Å². The zero-order valence-corrected chi connectivity index (χ0v) is 14.5. The number of halogens is 2. The van der Waals surface area contributed by atoms with Crippen molar-refractivity contribution in [3.8, 4) is 0 Å². The molecule has 19 heavy (non-hydrogen) atoms. The van der Waals surface area contributed by atoms with Gasteiger partial charge in [-0.05, 0) is 61.2 Å². The summed E-state index contributed by atoms with van der Waals surface area (Å²) in [6.45, 7) is 7.15. The molecule has 1 N–H and O–H groups in total. The Morgan fingerprint density at radius 3 is 2.16 bits per heavy atom. The summed E-state index contributed by atoms with van der Waals surface area (Å²) in [6, 6.07) is 10.8. The van der Waals surface area contributed by atoms with Crippen LogP contribution in [0.2, 0.25) is 0 Å². The normalized spacial score (nSPS) is 10.6. The molecule has 0 heterocycles. The van der Waals surface area contributed by atoms with Crippen LogP contribution in [0.4, 0.5) is 5.69 Å². The first-order valence-corrected chi connectivity index (χ1v) is 7.81. The van der Waals surface area contributed by atoms with E-state index in [1.165, 1.54) is 26.7 Å². The number of benzene rings is 2. The monoisotopic (exact) mass is 381 g/mol. The number of aryl methyl sites for hydroxylation is 3. The molecular formula is C16H17Br2N. The van der Waals surface area contributed by atoms with Crippen LogP contribution in [0.5, 0.6) is 0 Å². The van der Waals surface area contributed by atoms with E-state index in [9.17, 15) is 0 Å². The van der Waals surface area contributed by atoms with E-state index in [1.807, 2.05) is 0 Å². The summed E-state index contributed by atoms with van der Waals surface area (Å²) in [4.78, 5) is 0. The van der Waals surface area contributed by atoms with Crippen LogP contribution in [0.3, 0.4) is 0 Å². The van der Waals surface area contributed by atoms with Crippen LogP contribution in [0.25, 0.3) is 0 Å². The fourth-order valence-corrected chi connectivity index (χ4v) is 2.90. The molecule has 0 saturated heterocycles. The van der Waals surface area contributed by atoms with Crippen LogP contribution < -0.4 is 5.32 Å². The Kier molecular flexibility index (Phi) is 4.69. The highest BCUT2D eigenvalue weighted by Crippen LogP contribution is 2.26. The maximum Gasteiger partial charge on any atom is 0.0411 e. The summed E-state index contributed by atoms with van der Waals surface area (Å²) in [5.74, 6) is 0. The van der Waals surface area contributed by atoms with Gasteiger partial charge >= 0.3 is 0 Å². The van der Waals surface area contributed by atoms with Crippen molar-refractivity contribution in [2.75, 3.05) is 5.32 Å². The number of nitrogens with one attached hydrogen (secondary N) is 1. The Morgan fingerprint density at radius 1 is 0.947 bits per heavy atom. The third kappa shape index (κ3) is 3.61. The summed E-state index contributed by atoms with van der Waals surface area (Å²) in [6.07, 6.45) is 0. The molecule has 0 saturated carbocycles. The van der Waals surface area contributed by atoms with Crippen molar-refractivity contribution >= 4 is 37.5 Å². The molecule has 0 bridgehead atoms. The van der Waals surface area contributed by atoms with Crippen molar-refractivity contribution in [2.24, 2.45) is 0 Å². The van der Waals surface area contributed by atoms with Crippen LogP contribution in [0.1, 0.15) is 22.3 Å². The van der Waals surface area contributed by atoms with Gasteiger partial charge < -0.3 is 5.32 Å². The second kappa shape index (κ2) is 6.10. The Balaban J connectivity index is 2.14. The van der Waals surface area contributed by atoms with E-state index in [1.54, 1.807) is 0 Å². The number of rotatable bonds is 3. The summed E-state index contributed by atoms with van der Waals surface area (Å²) < 4.78 is 2.35. The van der Waals surface area contributed by atoms with Gasteiger partial charge in [0.2, 0.25) is 0 Å². The standard InChI is InChI=1S/C16H17Br2N/c1-10-4-5-13(15(17)6-10)9-19-14-7-11(2)16(18)12(3)8-14/h4-8,19H,9H2,1-3H3.